The first-order valence-corrected chi connectivity index (χ1v) is 7.83. The van der Waals surface area contributed by atoms with Crippen LogP contribution in [0.25, 0.3) is 4.96 Å². The summed E-state index contributed by atoms with van der Waals surface area (Å²) in [6, 6.07) is 0.589. The van der Waals surface area contributed by atoms with Crippen molar-refractivity contribution in [1.29, 1.82) is 0 Å². The van der Waals surface area contributed by atoms with Crippen molar-refractivity contribution in [2.24, 2.45) is 5.92 Å². The molecule has 0 spiro atoms. The van der Waals surface area contributed by atoms with Crippen LogP contribution >= 0.6 is 11.3 Å². The van der Waals surface area contributed by atoms with Gasteiger partial charge in [-0.1, -0.05) is 11.3 Å². The molecule has 2 aliphatic carbocycles. The maximum absolute atomic E-state index is 4.75. The van der Waals surface area contributed by atoms with Gasteiger partial charge in [-0.15, -0.1) is 0 Å². The van der Waals surface area contributed by atoms with E-state index in [1.54, 1.807) is 0 Å². The van der Waals surface area contributed by atoms with Gasteiger partial charge in [0.1, 0.15) is 0 Å². The van der Waals surface area contributed by atoms with Gasteiger partial charge in [-0.25, -0.2) is 9.50 Å². The molecule has 18 heavy (non-hydrogen) atoms. The highest BCUT2D eigenvalue weighted by Gasteiger charge is 2.38. The standard InChI is InChI=1S/C13H16N4S/c1-2-7(1)10-11-9(5-6-14-10)17-13(18-11)15-12(16-17)8-3-4-8/h7-8,10,14H,1-6H2. The number of fused-ring (bicyclic) bond motifs is 3. The molecule has 0 bridgehead atoms. The Hall–Kier alpha value is -0.940. The summed E-state index contributed by atoms with van der Waals surface area (Å²) in [6.07, 6.45) is 6.45. The molecule has 2 saturated carbocycles. The average molecular weight is 260 g/mol. The predicted octanol–water partition coefficient (Wildman–Crippen LogP) is 2.26. The van der Waals surface area contributed by atoms with Crippen LogP contribution in [0.3, 0.4) is 0 Å². The first-order chi connectivity index (χ1) is 8.90. The number of thiazole rings is 1. The van der Waals surface area contributed by atoms with Crippen molar-refractivity contribution in [1.82, 2.24) is 19.9 Å². The van der Waals surface area contributed by atoms with Crippen LogP contribution in [0.4, 0.5) is 0 Å². The van der Waals surface area contributed by atoms with E-state index in [9.17, 15) is 0 Å². The molecule has 1 N–H and O–H groups in total. The Morgan fingerprint density at radius 2 is 2.11 bits per heavy atom. The van der Waals surface area contributed by atoms with Crippen molar-refractivity contribution in [3.63, 3.8) is 0 Å². The molecule has 1 atom stereocenters. The summed E-state index contributed by atoms with van der Waals surface area (Å²) in [4.78, 5) is 7.37. The molecular formula is C13H16N4S. The number of nitrogens with one attached hydrogen (secondary N) is 1. The van der Waals surface area contributed by atoms with Crippen LogP contribution in [0, 0.1) is 5.92 Å². The summed E-state index contributed by atoms with van der Waals surface area (Å²) < 4.78 is 2.14. The van der Waals surface area contributed by atoms with Crippen molar-refractivity contribution >= 4 is 16.3 Å². The maximum Gasteiger partial charge on any atom is 0.212 e. The monoisotopic (exact) mass is 260 g/mol. The van der Waals surface area contributed by atoms with Gasteiger partial charge in [0, 0.05) is 29.8 Å². The molecule has 2 aromatic heterocycles. The normalized spacial score (nSPS) is 27.7. The Labute approximate surface area is 109 Å². The molecular weight excluding hydrogens is 244 g/mol. The third-order valence-corrected chi connectivity index (χ3v) is 5.54. The van der Waals surface area contributed by atoms with Crippen LogP contribution < -0.4 is 5.32 Å². The van der Waals surface area contributed by atoms with Crippen molar-refractivity contribution in [2.45, 2.75) is 44.1 Å². The van der Waals surface area contributed by atoms with E-state index in [-0.39, 0.29) is 0 Å². The molecule has 2 fully saturated rings. The number of nitrogens with zero attached hydrogens (tertiary/aromatic N) is 3. The SMILES string of the molecule is C1Cc2c(sc3nc(C4CC4)nn23)C(C2CC2)N1. The summed E-state index contributed by atoms with van der Waals surface area (Å²) in [5.41, 5.74) is 1.44. The lowest BCUT2D eigenvalue weighted by Gasteiger charge is -2.23. The van der Waals surface area contributed by atoms with E-state index in [1.807, 2.05) is 11.3 Å². The molecule has 2 aromatic rings. The Morgan fingerprint density at radius 1 is 1.22 bits per heavy atom. The van der Waals surface area contributed by atoms with Gasteiger partial charge in [0.2, 0.25) is 4.96 Å². The number of rotatable bonds is 2. The van der Waals surface area contributed by atoms with Crippen LogP contribution in [0.2, 0.25) is 0 Å². The minimum atomic E-state index is 0.589. The van der Waals surface area contributed by atoms with Gasteiger partial charge < -0.3 is 5.32 Å². The Morgan fingerprint density at radius 3 is 2.89 bits per heavy atom. The first-order valence-electron chi connectivity index (χ1n) is 7.02. The van der Waals surface area contributed by atoms with E-state index in [2.05, 4.69) is 9.83 Å². The second-order valence-electron chi connectivity index (χ2n) is 5.87. The van der Waals surface area contributed by atoms with Crippen molar-refractivity contribution in [3.8, 4) is 0 Å². The summed E-state index contributed by atoms with van der Waals surface area (Å²) in [7, 11) is 0. The molecule has 1 unspecified atom stereocenters. The van der Waals surface area contributed by atoms with Crippen molar-refractivity contribution in [2.75, 3.05) is 6.54 Å². The Kier molecular flexibility index (Phi) is 1.84. The zero-order valence-electron chi connectivity index (χ0n) is 10.2. The lowest BCUT2D eigenvalue weighted by atomic mass is 10.0. The van der Waals surface area contributed by atoms with Crippen molar-refractivity contribution in [3.05, 3.63) is 16.4 Å². The van der Waals surface area contributed by atoms with Crippen LogP contribution in [-0.2, 0) is 6.42 Å². The van der Waals surface area contributed by atoms with Gasteiger partial charge in [0.25, 0.3) is 0 Å². The summed E-state index contributed by atoms with van der Waals surface area (Å²) in [6.45, 7) is 1.10. The van der Waals surface area contributed by atoms with Gasteiger partial charge in [0.05, 0.1) is 5.69 Å². The van der Waals surface area contributed by atoms with E-state index in [0.717, 1.165) is 29.7 Å². The zero-order valence-corrected chi connectivity index (χ0v) is 11.0. The van der Waals surface area contributed by atoms with Crippen LogP contribution in [0.1, 0.15) is 54.0 Å². The third kappa shape index (κ3) is 1.34. The molecule has 4 nitrogen and oxygen atoms in total. The number of hydrogen-bond donors (Lipinski definition) is 1. The summed E-state index contributed by atoms with van der Waals surface area (Å²) in [5, 5.41) is 8.43. The fourth-order valence-corrected chi connectivity index (χ4v) is 4.33. The van der Waals surface area contributed by atoms with E-state index >= 15 is 0 Å². The Balaban J connectivity index is 1.65. The summed E-state index contributed by atoms with van der Waals surface area (Å²) >= 11 is 1.87. The molecule has 5 heteroatoms. The predicted molar refractivity (Wildman–Crippen MR) is 70.0 cm³/mol. The molecule has 3 heterocycles. The zero-order chi connectivity index (χ0) is 11.7. The molecule has 1 aliphatic heterocycles. The highest BCUT2D eigenvalue weighted by Crippen LogP contribution is 2.46. The van der Waals surface area contributed by atoms with E-state index in [0.29, 0.717) is 12.0 Å². The number of aromatic nitrogens is 3. The number of hydrogen-bond acceptors (Lipinski definition) is 4. The average Bonchev–Trinajstić information content (AvgIpc) is 3.27. The quantitative estimate of drug-likeness (QED) is 0.900. The second-order valence-corrected chi connectivity index (χ2v) is 6.88. The molecule has 5 rings (SSSR count). The van der Waals surface area contributed by atoms with Gasteiger partial charge in [-0.05, 0) is 31.6 Å². The highest BCUT2D eigenvalue weighted by atomic mass is 32.1. The van der Waals surface area contributed by atoms with Crippen LogP contribution in [0.15, 0.2) is 0 Å². The molecule has 0 amide bonds. The maximum atomic E-state index is 4.75. The largest absolute Gasteiger partial charge is 0.309 e. The molecule has 0 aromatic carbocycles. The van der Waals surface area contributed by atoms with Gasteiger partial charge in [-0.2, -0.15) is 5.10 Å². The minimum absolute atomic E-state index is 0.589. The highest BCUT2D eigenvalue weighted by molar-refractivity contribution is 7.17. The molecule has 3 aliphatic rings. The summed E-state index contributed by atoms with van der Waals surface area (Å²) in [5.74, 6) is 2.62. The second kappa shape index (κ2) is 3.33. The lowest BCUT2D eigenvalue weighted by molar-refractivity contribution is 0.458. The topological polar surface area (TPSA) is 42.2 Å². The third-order valence-electron chi connectivity index (χ3n) is 4.38. The molecule has 0 saturated heterocycles. The van der Waals surface area contributed by atoms with Gasteiger partial charge in [-0.3, -0.25) is 0 Å². The van der Waals surface area contributed by atoms with E-state index in [4.69, 9.17) is 10.1 Å². The molecule has 94 valence electrons. The smallest absolute Gasteiger partial charge is 0.212 e. The minimum Gasteiger partial charge on any atom is -0.309 e. The van der Waals surface area contributed by atoms with E-state index in [1.165, 1.54) is 36.3 Å². The van der Waals surface area contributed by atoms with E-state index < -0.39 is 0 Å². The fourth-order valence-electron chi connectivity index (χ4n) is 3.05. The van der Waals surface area contributed by atoms with Crippen LogP contribution in [0.5, 0.6) is 0 Å². The van der Waals surface area contributed by atoms with Gasteiger partial charge in [0.15, 0.2) is 5.82 Å². The first kappa shape index (κ1) is 9.92. The van der Waals surface area contributed by atoms with Crippen LogP contribution in [-0.4, -0.2) is 21.1 Å². The lowest BCUT2D eigenvalue weighted by Crippen LogP contribution is -2.30. The fraction of sp³-hybridized carbons (Fsp3) is 0.692. The van der Waals surface area contributed by atoms with Gasteiger partial charge >= 0.3 is 0 Å². The Bertz CT molecular complexity index is 620. The molecule has 0 radical (unpaired) electrons. The van der Waals surface area contributed by atoms with Crippen molar-refractivity contribution < 1.29 is 0 Å².